The summed E-state index contributed by atoms with van der Waals surface area (Å²) in [4.78, 5) is 0. The molecule has 0 radical (unpaired) electrons. The summed E-state index contributed by atoms with van der Waals surface area (Å²) in [5.41, 5.74) is 6.74. The molecule has 0 aliphatic heterocycles. The summed E-state index contributed by atoms with van der Waals surface area (Å²) in [6.45, 7) is 8.41. The van der Waals surface area contributed by atoms with E-state index in [2.05, 4.69) is 20.8 Å². The van der Waals surface area contributed by atoms with Crippen molar-refractivity contribution in [2.45, 2.75) is 40.2 Å². The first-order valence-electron chi connectivity index (χ1n) is 6.76. The highest BCUT2D eigenvalue weighted by molar-refractivity contribution is 5.40. The van der Waals surface area contributed by atoms with Crippen LogP contribution in [0.25, 0.3) is 0 Å². The van der Waals surface area contributed by atoms with Gasteiger partial charge in [0, 0.05) is 18.2 Å². The van der Waals surface area contributed by atoms with E-state index >= 15 is 0 Å². The number of hydrogen-bond donors (Lipinski definition) is 1. The van der Waals surface area contributed by atoms with Crippen molar-refractivity contribution in [3.63, 3.8) is 0 Å². The van der Waals surface area contributed by atoms with Crippen LogP contribution in [0, 0.1) is 5.92 Å². The Balaban J connectivity index is 2.66. The summed E-state index contributed by atoms with van der Waals surface area (Å²) in [6, 6.07) is 5.88. The minimum atomic E-state index is 0.491. The molecule has 102 valence electrons. The fourth-order valence-corrected chi connectivity index (χ4v) is 1.55. The zero-order chi connectivity index (χ0) is 13.4. The smallest absolute Gasteiger partial charge is 0.127 e. The molecule has 0 atom stereocenters. The Labute approximate surface area is 110 Å². The van der Waals surface area contributed by atoms with E-state index in [-0.39, 0.29) is 0 Å². The normalized spacial score (nSPS) is 10.7. The zero-order valence-corrected chi connectivity index (χ0v) is 11.7. The number of hydrogen-bond acceptors (Lipinski definition) is 3. The van der Waals surface area contributed by atoms with Gasteiger partial charge in [-0.15, -0.1) is 0 Å². The summed E-state index contributed by atoms with van der Waals surface area (Å²) < 4.78 is 11.4. The first-order valence-corrected chi connectivity index (χ1v) is 6.76. The van der Waals surface area contributed by atoms with Crippen LogP contribution in [0.15, 0.2) is 18.2 Å². The predicted molar refractivity (Wildman–Crippen MR) is 75.1 cm³/mol. The van der Waals surface area contributed by atoms with Crippen LogP contribution < -0.4 is 15.2 Å². The Kier molecular flexibility index (Phi) is 6.58. The van der Waals surface area contributed by atoms with Crippen LogP contribution in [-0.2, 0) is 6.54 Å². The van der Waals surface area contributed by atoms with E-state index in [0.29, 0.717) is 12.5 Å². The molecule has 0 spiro atoms. The van der Waals surface area contributed by atoms with Gasteiger partial charge in [-0.3, -0.25) is 0 Å². The number of ether oxygens (including phenoxy) is 2. The molecular weight excluding hydrogens is 226 g/mol. The van der Waals surface area contributed by atoms with Crippen LogP contribution in [-0.4, -0.2) is 13.2 Å². The Morgan fingerprint density at radius 2 is 1.94 bits per heavy atom. The monoisotopic (exact) mass is 251 g/mol. The molecule has 3 nitrogen and oxygen atoms in total. The van der Waals surface area contributed by atoms with Gasteiger partial charge in [-0.05, 0) is 24.8 Å². The lowest BCUT2D eigenvalue weighted by molar-refractivity contribution is 0.281. The first-order chi connectivity index (χ1) is 8.67. The highest BCUT2D eigenvalue weighted by Crippen LogP contribution is 2.25. The fraction of sp³-hybridized carbons (Fsp3) is 0.600. The number of rotatable bonds is 8. The lowest BCUT2D eigenvalue weighted by Gasteiger charge is -2.13. The average molecular weight is 251 g/mol. The third-order valence-electron chi connectivity index (χ3n) is 2.68. The Morgan fingerprint density at radius 1 is 1.17 bits per heavy atom. The standard InChI is InChI=1S/C15H25NO2/c1-4-8-17-14-6-5-13(11-16)15(10-14)18-9-7-12(2)3/h5-6,10,12H,4,7-9,11,16H2,1-3H3. The zero-order valence-electron chi connectivity index (χ0n) is 11.7. The Morgan fingerprint density at radius 3 is 2.56 bits per heavy atom. The van der Waals surface area contributed by atoms with Gasteiger partial charge in [-0.1, -0.05) is 26.8 Å². The minimum Gasteiger partial charge on any atom is -0.493 e. The van der Waals surface area contributed by atoms with Crippen molar-refractivity contribution < 1.29 is 9.47 Å². The second kappa shape index (κ2) is 7.98. The number of nitrogens with two attached hydrogens (primary N) is 1. The molecule has 0 aliphatic carbocycles. The van der Waals surface area contributed by atoms with Crippen LogP contribution in [0.1, 0.15) is 39.2 Å². The molecule has 1 aromatic carbocycles. The molecule has 0 bridgehead atoms. The van der Waals surface area contributed by atoms with Crippen molar-refractivity contribution in [1.82, 2.24) is 0 Å². The van der Waals surface area contributed by atoms with Crippen molar-refractivity contribution in [3.05, 3.63) is 23.8 Å². The largest absolute Gasteiger partial charge is 0.493 e. The van der Waals surface area contributed by atoms with E-state index in [1.165, 1.54) is 0 Å². The van der Waals surface area contributed by atoms with E-state index in [1.54, 1.807) is 0 Å². The molecule has 0 aromatic heterocycles. The molecule has 1 rings (SSSR count). The maximum Gasteiger partial charge on any atom is 0.127 e. The second-order valence-corrected chi connectivity index (χ2v) is 4.85. The van der Waals surface area contributed by atoms with Gasteiger partial charge in [0.2, 0.25) is 0 Å². The van der Waals surface area contributed by atoms with Gasteiger partial charge < -0.3 is 15.2 Å². The Hall–Kier alpha value is -1.22. The molecule has 3 heteroatoms. The van der Waals surface area contributed by atoms with E-state index in [4.69, 9.17) is 15.2 Å². The van der Waals surface area contributed by atoms with Crippen molar-refractivity contribution in [2.24, 2.45) is 11.7 Å². The second-order valence-electron chi connectivity index (χ2n) is 4.85. The van der Waals surface area contributed by atoms with E-state index in [9.17, 15) is 0 Å². The molecule has 0 unspecified atom stereocenters. The summed E-state index contributed by atoms with van der Waals surface area (Å²) >= 11 is 0. The molecule has 0 aliphatic rings. The molecule has 0 saturated heterocycles. The summed E-state index contributed by atoms with van der Waals surface area (Å²) in [5.74, 6) is 2.35. The van der Waals surface area contributed by atoms with E-state index < -0.39 is 0 Å². The van der Waals surface area contributed by atoms with E-state index in [0.717, 1.165) is 43.1 Å². The Bertz CT molecular complexity index is 350. The molecule has 0 heterocycles. The van der Waals surface area contributed by atoms with E-state index in [1.807, 2.05) is 18.2 Å². The van der Waals surface area contributed by atoms with Gasteiger partial charge in [0.1, 0.15) is 11.5 Å². The maximum atomic E-state index is 5.80. The van der Waals surface area contributed by atoms with Gasteiger partial charge in [-0.25, -0.2) is 0 Å². The van der Waals surface area contributed by atoms with Crippen LogP contribution in [0.2, 0.25) is 0 Å². The quantitative estimate of drug-likeness (QED) is 0.770. The molecule has 1 aromatic rings. The molecule has 0 fully saturated rings. The molecule has 0 saturated carbocycles. The third kappa shape index (κ3) is 4.96. The van der Waals surface area contributed by atoms with Gasteiger partial charge in [0.15, 0.2) is 0 Å². The predicted octanol–water partition coefficient (Wildman–Crippen LogP) is 3.36. The van der Waals surface area contributed by atoms with Crippen LogP contribution in [0.4, 0.5) is 0 Å². The topological polar surface area (TPSA) is 44.5 Å². The van der Waals surface area contributed by atoms with Gasteiger partial charge >= 0.3 is 0 Å². The van der Waals surface area contributed by atoms with Gasteiger partial charge in [-0.2, -0.15) is 0 Å². The molecule has 18 heavy (non-hydrogen) atoms. The SMILES string of the molecule is CCCOc1ccc(CN)c(OCCC(C)C)c1. The van der Waals surface area contributed by atoms with Crippen LogP contribution >= 0.6 is 0 Å². The van der Waals surface area contributed by atoms with Crippen molar-refractivity contribution in [3.8, 4) is 11.5 Å². The molecule has 0 amide bonds. The maximum absolute atomic E-state index is 5.80. The lowest BCUT2D eigenvalue weighted by atomic mass is 10.1. The first kappa shape index (κ1) is 14.8. The molecule has 2 N–H and O–H groups in total. The summed E-state index contributed by atoms with van der Waals surface area (Å²) in [5, 5.41) is 0. The van der Waals surface area contributed by atoms with Crippen LogP contribution in [0.5, 0.6) is 11.5 Å². The summed E-state index contributed by atoms with van der Waals surface area (Å²) in [6.07, 6.45) is 2.05. The van der Waals surface area contributed by atoms with Crippen LogP contribution in [0.3, 0.4) is 0 Å². The van der Waals surface area contributed by atoms with Crippen molar-refractivity contribution >= 4 is 0 Å². The van der Waals surface area contributed by atoms with Crippen molar-refractivity contribution in [1.29, 1.82) is 0 Å². The average Bonchev–Trinajstić information content (AvgIpc) is 2.36. The highest BCUT2D eigenvalue weighted by Gasteiger charge is 2.05. The summed E-state index contributed by atoms with van der Waals surface area (Å²) in [7, 11) is 0. The van der Waals surface area contributed by atoms with Gasteiger partial charge in [0.25, 0.3) is 0 Å². The van der Waals surface area contributed by atoms with Gasteiger partial charge in [0.05, 0.1) is 13.2 Å². The third-order valence-corrected chi connectivity index (χ3v) is 2.68. The lowest BCUT2D eigenvalue weighted by Crippen LogP contribution is -2.06. The highest BCUT2D eigenvalue weighted by atomic mass is 16.5. The minimum absolute atomic E-state index is 0.491. The number of benzene rings is 1. The molecular formula is C15H25NO2. The fourth-order valence-electron chi connectivity index (χ4n) is 1.55. The van der Waals surface area contributed by atoms with Crippen molar-refractivity contribution in [2.75, 3.05) is 13.2 Å².